The molecule has 2 aromatic rings. The third-order valence-corrected chi connectivity index (χ3v) is 2.26. The van der Waals surface area contributed by atoms with E-state index >= 15 is 0 Å². The smallest absolute Gasteiger partial charge is 0.177 e. The van der Waals surface area contributed by atoms with Gasteiger partial charge in [0.05, 0.1) is 28.8 Å². The zero-order chi connectivity index (χ0) is 9.26. The second-order valence-electron chi connectivity index (χ2n) is 2.52. The van der Waals surface area contributed by atoms with Crippen LogP contribution in [0.3, 0.4) is 0 Å². The average molecular weight is 240 g/mol. The second-order valence-corrected chi connectivity index (χ2v) is 3.08. The van der Waals surface area contributed by atoms with Crippen LogP contribution in [0.25, 0.3) is 5.52 Å². The number of aromatic nitrogens is 3. The molecule has 0 aromatic carbocycles. The van der Waals surface area contributed by atoms with E-state index in [1.165, 1.54) is 0 Å². The molecule has 0 saturated carbocycles. The minimum atomic E-state index is 0.0167. The lowest BCUT2D eigenvalue weighted by atomic mass is 10.2. The van der Waals surface area contributed by atoms with Gasteiger partial charge in [-0.05, 0) is 0 Å². The van der Waals surface area contributed by atoms with Crippen molar-refractivity contribution in [2.45, 2.75) is 0 Å². The standard InChI is InChI=1S/C8H6BrN3O/c9-3-8(13)6-4-11-12-2-1-10-5-7(6)12/h1-2,4-5H,3H2. The molecule has 2 rings (SSSR count). The third-order valence-electron chi connectivity index (χ3n) is 1.75. The van der Waals surface area contributed by atoms with Crippen LogP contribution in [0.5, 0.6) is 0 Å². The lowest BCUT2D eigenvalue weighted by molar-refractivity contribution is 0.102. The number of ketones is 1. The van der Waals surface area contributed by atoms with Gasteiger partial charge in [-0.15, -0.1) is 0 Å². The molecule has 0 fully saturated rings. The van der Waals surface area contributed by atoms with Gasteiger partial charge in [-0.2, -0.15) is 5.10 Å². The number of nitrogens with zero attached hydrogens (tertiary/aromatic N) is 3. The first kappa shape index (κ1) is 8.37. The molecule has 66 valence electrons. The summed E-state index contributed by atoms with van der Waals surface area (Å²) in [5.74, 6) is 0.0167. The van der Waals surface area contributed by atoms with Crippen molar-refractivity contribution in [1.82, 2.24) is 14.6 Å². The Labute approximate surface area is 82.7 Å². The molecular formula is C8H6BrN3O. The molecule has 0 N–H and O–H groups in total. The van der Waals surface area contributed by atoms with Gasteiger partial charge in [0.15, 0.2) is 5.78 Å². The van der Waals surface area contributed by atoms with Crippen molar-refractivity contribution >= 4 is 27.2 Å². The number of alkyl halides is 1. The van der Waals surface area contributed by atoms with E-state index in [0.717, 1.165) is 5.52 Å². The van der Waals surface area contributed by atoms with Gasteiger partial charge in [0.25, 0.3) is 0 Å². The van der Waals surface area contributed by atoms with Gasteiger partial charge >= 0.3 is 0 Å². The van der Waals surface area contributed by atoms with Crippen LogP contribution >= 0.6 is 15.9 Å². The highest BCUT2D eigenvalue weighted by molar-refractivity contribution is 9.09. The number of hydrogen-bond acceptors (Lipinski definition) is 3. The van der Waals surface area contributed by atoms with Crippen LogP contribution in [0.4, 0.5) is 0 Å². The molecule has 0 aliphatic carbocycles. The fraction of sp³-hybridized carbons (Fsp3) is 0.125. The number of rotatable bonds is 2. The quantitative estimate of drug-likeness (QED) is 0.587. The summed E-state index contributed by atoms with van der Waals surface area (Å²) in [4.78, 5) is 15.3. The zero-order valence-electron chi connectivity index (χ0n) is 6.64. The molecule has 13 heavy (non-hydrogen) atoms. The molecule has 0 atom stereocenters. The Hall–Kier alpha value is -1.23. The summed E-state index contributed by atoms with van der Waals surface area (Å²) < 4.78 is 1.63. The molecule has 0 bridgehead atoms. The number of carbonyl (C=O) groups excluding carboxylic acids is 1. The van der Waals surface area contributed by atoms with Gasteiger partial charge in [0.1, 0.15) is 0 Å². The summed E-state index contributed by atoms with van der Waals surface area (Å²) in [5.41, 5.74) is 1.34. The number of carbonyl (C=O) groups is 1. The molecule has 5 heteroatoms. The van der Waals surface area contributed by atoms with Crippen LogP contribution in [0.2, 0.25) is 0 Å². The van der Waals surface area contributed by atoms with Crippen LogP contribution in [-0.4, -0.2) is 25.7 Å². The van der Waals surface area contributed by atoms with Crippen molar-refractivity contribution < 1.29 is 4.79 Å². The Balaban J connectivity index is 2.64. The zero-order valence-corrected chi connectivity index (χ0v) is 8.23. The SMILES string of the molecule is O=C(CBr)c1cnn2ccncc12. The summed E-state index contributed by atoms with van der Waals surface area (Å²) in [7, 11) is 0. The topological polar surface area (TPSA) is 47.3 Å². The summed E-state index contributed by atoms with van der Waals surface area (Å²) >= 11 is 3.11. The molecule has 0 saturated heterocycles. The molecule has 2 heterocycles. The lowest BCUT2D eigenvalue weighted by Gasteiger charge is -1.93. The van der Waals surface area contributed by atoms with E-state index in [4.69, 9.17) is 0 Å². The number of hydrogen-bond donors (Lipinski definition) is 0. The fourth-order valence-electron chi connectivity index (χ4n) is 1.12. The van der Waals surface area contributed by atoms with Crippen molar-refractivity contribution in [1.29, 1.82) is 0 Å². The van der Waals surface area contributed by atoms with E-state index in [0.29, 0.717) is 10.9 Å². The van der Waals surface area contributed by atoms with Gasteiger partial charge in [-0.1, -0.05) is 15.9 Å². The summed E-state index contributed by atoms with van der Waals surface area (Å²) in [6.07, 6.45) is 6.52. The Bertz CT molecular complexity index is 451. The highest BCUT2D eigenvalue weighted by atomic mass is 79.9. The highest BCUT2D eigenvalue weighted by Crippen LogP contribution is 2.10. The first-order valence-electron chi connectivity index (χ1n) is 3.69. The van der Waals surface area contributed by atoms with E-state index in [2.05, 4.69) is 26.0 Å². The maximum absolute atomic E-state index is 11.4. The molecule has 2 aromatic heterocycles. The lowest BCUT2D eigenvalue weighted by Crippen LogP contribution is -1.99. The monoisotopic (exact) mass is 239 g/mol. The first-order valence-corrected chi connectivity index (χ1v) is 4.81. The van der Waals surface area contributed by atoms with Crippen molar-refractivity contribution in [2.24, 2.45) is 0 Å². The molecular weight excluding hydrogens is 234 g/mol. The van der Waals surface area contributed by atoms with Gasteiger partial charge in [0, 0.05) is 12.4 Å². The molecule has 0 amide bonds. The maximum atomic E-state index is 11.4. The largest absolute Gasteiger partial charge is 0.293 e. The second kappa shape index (κ2) is 3.26. The average Bonchev–Trinajstić information content (AvgIpc) is 2.60. The third kappa shape index (κ3) is 1.35. The summed E-state index contributed by atoms with van der Waals surface area (Å²) in [6.45, 7) is 0. The number of halogens is 1. The minimum Gasteiger partial charge on any atom is -0.293 e. The van der Waals surface area contributed by atoms with E-state index in [1.54, 1.807) is 29.3 Å². The molecule has 0 spiro atoms. The maximum Gasteiger partial charge on any atom is 0.177 e. The van der Waals surface area contributed by atoms with Crippen LogP contribution in [0, 0.1) is 0 Å². The highest BCUT2D eigenvalue weighted by Gasteiger charge is 2.10. The van der Waals surface area contributed by atoms with Crippen molar-refractivity contribution in [2.75, 3.05) is 5.33 Å². The normalized spacial score (nSPS) is 10.5. The Morgan fingerprint density at radius 2 is 2.38 bits per heavy atom. The predicted octanol–water partition coefficient (Wildman–Crippen LogP) is 1.31. The van der Waals surface area contributed by atoms with Crippen molar-refractivity contribution in [3.05, 3.63) is 30.4 Å². The van der Waals surface area contributed by atoms with E-state index in [9.17, 15) is 4.79 Å². The minimum absolute atomic E-state index is 0.0167. The van der Waals surface area contributed by atoms with Crippen molar-refractivity contribution in [3.8, 4) is 0 Å². The van der Waals surface area contributed by atoms with Gasteiger partial charge in [-0.25, -0.2) is 4.52 Å². The molecule has 0 aliphatic heterocycles. The Morgan fingerprint density at radius 1 is 1.54 bits per heavy atom. The van der Waals surface area contributed by atoms with Crippen LogP contribution in [0.1, 0.15) is 10.4 Å². The molecule has 4 nitrogen and oxygen atoms in total. The number of fused-ring (bicyclic) bond motifs is 1. The molecule has 0 unspecified atom stereocenters. The van der Waals surface area contributed by atoms with Gasteiger partial charge in [-0.3, -0.25) is 9.78 Å². The summed E-state index contributed by atoms with van der Waals surface area (Å²) in [5, 5.41) is 4.33. The first-order chi connectivity index (χ1) is 6.33. The van der Waals surface area contributed by atoms with E-state index in [1.807, 2.05) is 0 Å². The van der Waals surface area contributed by atoms with Crippen molar-refractivity contribution in [3.63, 3.8) is 0 Å². The fourth-order valence-corrected chi connectivity index (χ4v) is 1.42. The van der Waals surface area contributed by atoms with Gasteiger partial charge < -0.3 is 0 Å². The van der Waals surface area contributed by atoms with E-state index < -0.39 is 0 Å². The van der Waals surface area contributed by atoms with Crippen LogP contribution in [-0.2, 0) is 0 Å². The summed E-state index contributed by atoms with van der Waals surface area (Å²) in [6, 6.07) is 0. The Kier molecular flexibility index (Phi) is 2.10. The number of Topliss-reactive ketones (excluding diaryl/α,β-unsaturated/α-hetero) is 1. The molecule has 0 radical (unpaired) electrons. The van der Waals surface area contributed by atoms with Crippen LogP contribution in [0.15, 0.2) is 24.8 Å². The Morgan fingerprint density at radius 3 is 3.15 bits per heavy atom. The van der Waals surface area contributed by atoms with E-state index in [-0.39, 0.29) is 5.78 Å². The van der Waals surface area contributed by atoms with Crippen LogP contribution < -0.4 is 0 Å². The van der Waals surface area contributed by atoms with Gasteiger partial charge in [0.2, 0.25) is 0 Å². The molecule has 0 aliphatic rings. The predicted molar refractivity (Wildman–Crippen MR) is 51.1 cm³/mol.